The van der Waals surface area contributed by atoms with Gasteiger partial charge in [-0.2, -0.15) is 5.26 Å². The lowest BCUT2D eigenvalue weighted by molar-refractivity contribution is 0.173. The molecular weight excluding hydrogens is 640 g/mol. The van der Waals surface area contributed by atoms with Gasteiger partial charge in [-0.3, -0.25) is 4.98 Å². The van der Waals surface area contributed by atoms with Gasteiger partial charge in [0.2, 0.25) is 0 Å². The molecule has 1 aliphatic rings. The Kier molecular flexibility index (Phi) is 12.9. The average Bonchev–Trinajstić information content (AvgIpc) is 3.53. The summed E-state index contributed by atoms with van der Waals surface area (Å²) < 4.78 is 18.7. The number of nitriles is 1. The van der Waals surface area contributed by atoms with Gasteiger partial charge in [0.25, 0.3) is 0 Å². The zero-order chi connectivity index (χ0) is 34.8. The van der Waals surface area contributed by atoms with Crippen molar-refractivity contribution >= 4 is 11.6 Å². The highest BCUT2D eigenvalue weighted by Crippen LogP contribution is 2.36. The van der Waals surface area contributed by atoms with Crippen LogP contribution in [0.15, 0.2) is 67.0 Å². The molecule has 2 unspecified atom stereocenters. The largest absolute Gasteiger partial charge is 0.493 e. The summed E-state index contributed by atoms with van der Waals surface area (Å²) in [6, 6.07) is 19.7. The number of benzene rings is 3. The van der Waals surface area contributed by atoms with Crippen LogP contribution in [0.25, 0.3) is 11.1 Å². The lowest BCUT2D eigenvalue weighted by Crippen LogP contribution is -2.28. The minimum Gasteiger partial charge on any atom is -0.493 e. The molecule has 49 heavy (non-hydrogen) atoms. The maximum absolute atomic E-state index is 9.78. The van der Waals surface area contributed by atoms with Crippen LogP contribution in [0.2, 0.25) is 5.02 Å². The van der Waals surface area contributed by atoms with Gasteiger partial charge in [-0.25, -0.2) is 0 Å². The topological polar surface area (TPSA) is 120 Å². The molecule has 0 spiro atoms. The third-order valence-electron chi connectivity index (χ3n) is 8.88. The number of rotatable bonds is 16. The molecule has 9 nitrogen and oxygen atoms in total. The highest BCUT2D eigenvalue weighted by molar-refractivity contribution is 6.32. The fourth-order valence-corrected chi connectivity index (χ4v) is 6.17. The molecule has 5 rings (SSSR count). The Labute approximate surface area is 294 Å². The Morgan fingerprint density at radius 1 is 0.980 bits per heavy atom. The number of pyridine rings is 1. The summed E-state index contributed by atoms with van der Waals surface area (Å²) in [7, 11) is 0. The van der Waals surface area contributed by atoms with Crippen molar-refractivity contribution in [3.63, 3.8) is 0 Å². The number of aromatic nitrogens is 1. The summed E-state index contributed by atoms with van der Waals surface area (Å²) in [6.07, 6.45) is 4.73. The predicted molar refractivity (Wildman–Crippen MR) is 191 cm³/mol. The van der Waals surface area contributed by atoms with Crippen molar-refractivity contribution in [1.29, 1.82) is 5.26 Å². The van der Waals surface area contributed by atoms with Crippen molar-refractivity contribution in [3.8, 4) is 34.4 Å². The molecule has 0 saturated carbocycles. The van der Waals surface area contributed by atoms with Crippen molar-refractivity contribution in [2.75, 3.05) is 32.8 Å². The second-order valence-electron chi connectivity index (χ2n) is 12.6. The number of aliphatic hydroxyl groups is 2. The summed E-state index contributed by atoms with van der Waals surface area (Å²) in [5.41, 5.74) is 7.47. The number of ether oxygens (including phenoxy) is 3. The molecule has 1 aromatic heterocycles. The van der Waals surface area contributed by atoms with Crippen LogP contribution >= 0.6 is 11.6 Å². The highest BCUT2D eigenvalue weighted by atomic mass is 35.5. The summed E-state index contributed by atoms with van der Waals surface area (Å²) in [5, 5.41) is 32.3. The maximum atomic E-state index is 9.78. The number of hydrogen-bond acceptors (Lipinski definition) is 9. The lowest BCUT2D eigenvalue weighted by atomic mass is 9.93. The molecule has 0 radical (unpaired) electrons. The van der Waals surface area contributed by atoms with E-state index >= 15 is 0 Å². The standard InChI is InChI=1S/C39H45ClN4O5/c1-26(23-45)43-21-32-16-36(40)39(17-38(32)48-24-30-15-29(18-41)19-42-20-30)49-25-31-7-4-8-34(27(31)2)35-9-5-10-37(28(35)3)47-14-6-12-44-13-11-33(46)22-44/h4-5,7-10,15-17,19-20,26,33,43,45-46H,6,11-14,21-25H2,1-3H3. The fraction of sp³-hybridized carbons (Fsp3) is 0.385. The number of nitrogens with one attached hydrogen (secondary N) is 1. The summed E-state index contributed by atoms with van der Waals surface area (Å²) in [4.78, 5) is 6.42. The Balaban J connectivity index is 1.29. The van der Waals surface area contributed by atoms with Gasteiger partial charge in [-0.05, 0) is 79.6 Å². The molecule has 3 aromatic carbocycles. The molecule has 258 valence electrons. The Morgan fingerprint density at radius 2 is 1.76 bits per heavy atom. The van der Waals surface area contributed by atoms with Crippen molar-refractivity contribution in [2.24, 2.45) is 0 Å². The lowest BCUT2D eigenvalue weighted by Gasteiger charge is -2.19. The van der Waals surface area contributed by atoms with Gasteiger partial charge in [0, 0.05) is 61.8 Å². The normalized spacial score (nSPS) is 15.2. The first-order chi connectivity index (χ1) is 23.7. The molecule has 1 fully saturated rings. The second kappa shape index (κ2) is 17.5. The highest BCUT2D eigenvalue weighted by Gasteiger charge is 2.20. The maximum Gasteiger partial charge on any atom is 0.142 e. The summed E-state index contributed by atoms with van der Waals surface area (Å²) >= 11 is 6.74. The van der Waals surface area contributed by atoms with Gasteiger partial charge in [-0.15, -0.1) is 0 Å². The number of halogens is 1. The number of nitrogens with zero attached hydrogens (tertiary/aromatic N) is 3. The van der Waals surface area contributed by atoms with E-state index in [2.05, 4.69) is 53.3 Å². The Hall–Kier alpha value is -4.17. The van der Waals surface area contributed by atoms with Crippen molar-refractivity contribution in [2.45, 2.75) is 65.5 Å². The van der Waals surface area contributed by atoms with Crippen LogP contribution in [0.4, 0.5) is 0 Å². The van der Waals surface area contributed by atoms with Gasteiger partial charge < -0.3 is 34.6 Å². The third-order valence-corrected chi connectivity index (χ3v) is 9.17. The first-order valence-corrected chi connectivity index (χ1v) is 17.1. The molecule has 1 saturated heterocycles. The first kappa shape index (κ1) is 36.1. The van der Waals surface area contributed by atoms with Gasteiger partial charge >= 0.3 is 0 Å². The molecule has 4 aromatic rings. The Bertz CT molecular complexity index is 1760. The molecule has 10 heteroatoms. The van der Waals surface area contributed by atoms with E-state index in [0.29, 0.717) is 41.8 Å². The van der Waals surface area contributed by atoms with Crippen LogP contribution in [-0.4, -0.2) is 65.1 Å². The van der Waals surface area contributed by atoms with Crippen molar-refractivity contribution in [1.82, 2.24) is 15.2 Å². The quantitative estimate of drug-likeness (QED) is 0.116. The van der Waals surface area contributed by atoms with Crippen LogP contribution in [0.5, 0.6) is 17.2 Å². The Morgan fingerprint density at radius 3 is 2.51 bits per heavy atom. The fourth-order valence-electron chi connectivity index (χ4n) is 5.93. The predicted octanol–water partition coefficient (Wildman–Crippen LogP) is 6.35. The molecule has 3 N–H and O–H groups in total. The van der Waals surface area contributed by atoms with Gasteiger partial charge in [-0.1, -0.05) is 41.9 Å². The summed E-state index contributed by atoms with van der Waals surface area (Å²) in [5.74, 6) is 1.94. The van der Waals surface area contributed by atoms with Gasteiger partial charge in [0.15, 0.2) is 0 Å². The molecule has 0 amide bonds. The monoisotopic (exact) mass is 684 g/mol. The van der Waals surface area contributed by atoms with Crippen molar-refractivity contribution < 1.29 is 24.4 Å². The number of aliphatic hydroxyl groups excluding tert-OH is 2. The molecule has 0 aliphatic carbocycles. The van der Waals surface area contributed by atoms with E-state index in [9.17, 15) is 15.5 Å². The van der Waals surface area contributed by atoms with E-state index in [4.69, 9.17) is 25.8 Å². The molecule has 0 bridgehead atoms. The van der Waals surface area contributed by atoms with Crippen molar-refractivity contribution in [3.05, 3.63) is 105 Å². The van der Waals surface area contributed by atoms with E-state index in [-0.39, 0.29) is 25.4 Å². The van der Waals surface area contributed by atoms with E-state index in [1.54, 1.807) is 18.3 Å². The van der Waals surface area contributed by atoms with Crippen LogP contribution in [0, 0.1) is 25.2 Å². The molecule has 1 aliphatic heterocycles. The zero-order valence-electron chi connectivity index (χ0n) is 28.4. The molecule has 2 heterocycles. The van der Waals surface area contributed by atoms with Gasteiger partial charge in [0.1, 0.15) is 36.5 Å². The minimum absolute atomic E-state index is 0.00169. The van der Waals surface area contributed by atoms with Crippen LogP contribution < -0.4 is 19.5 Å². The number of likely N-dealkylation sites (tertiary alicyclic amines) is 1. The third kappa shape index (κ3) is 9.72. The SMILES string of the molecule is Cc1c(COc2cc(OCc3cncc(C#N)c3)c(CNC(C)CO)cc2Cl)cccc1-c1cccc(OCCCN2CCC(O)C2)c1C. The average molecular weight is 685 g/mol. The van der Waals surface area contributed by atoms with E-state index in [0.717, 1.165) is 77.2 Å². The van der Waals surface area contributed by atoms with Gasteiger partial charge in [0.05, 0.1) is 29.9 Å². The van der Waals surface area contributed by atoms with E-state index in [1.807, 2.05) is 31.2 Å². The van der Waals surface area contributed by atoms with Crippen LogP contribution in [-0.2, 0) is 19.8 Å². The molecule has 2 atom stereocenters. The van der Waals surface area contributed by atoms with E-state index in [1.165, 1.54) is 6.20 Å². The number of β-amino-alcohol motifs (C(OH)–C–C–N with tert-alkyl or cyclic N) is 1. The first-order valence-electron chi connectivity index (χ1n) is 16.7. The smallest absolute Gasteiger partial charge is 0.142 e. The second-order valence-corrected chi connectivity index (χ2v) is 13.0. The van der Waals surface area contributed by atoms with Crippen LogP contribution in [0.3, 0.4) is 0 Å². The number of hydrogen-bond donors (Lipinski definition) is 3. The minimum atomic E-state index is -0.203. The zero-order valence-corrected chi connectivity index (χ0v) is 29.2. The summed E-state index contributed by atoms with van der Waals surface area (Å²) in [6.45, 7) is 10.3. The van der Waals surface area contributed by atoms with E-state index < -0.39 is 0 Å². The molecular formula is C39H45ClN4O5. The van der Waals surface area contributed by atoms with Crippen LogP contribution in [0.1, 0.15) is 53.1 Å².